The van der Waals surface area contributed by atoms with Gasteiger partial charge in [-0.25, -0.2) is 9.78 Å². The normalized spacial score (nSPS) is 17.6. The quantitative estimate of drug-likeness (QED) is 0.685. The zero-order valence-corrected chi connectivity index (χ0v) is 17.8. The third-order valence-electron chi connectivity index (χ3n) is 6.40. The second-order valence-electron chi connectivity index (χ2n) is 8.41. The Morgan fingerprint density at radius 2 is 2.00 bits per heavy atom. The van der Waals surface area contributed by atoms with E-state index in [1.54, 1.807) is 0 Å². The Bertz CT molecular complexity index is 1070. The molecule has 0 spiro atoms. The number of aromatic nitrogens is 3. The van der Waals surface area contributed by atoms with Gasteiger partial charge in [0.25, 0.3) is 0 Å². The zero-order chi connectivity index (χ0) is 21.2. The smallest absolute Gasteiger partial charge is 0.315 e. The number of rotatable bonds is 4. The van der Waals surface area contributed by atoms with Crippen LogP contribution < -0.4 is 15.5 Å². The van der Waals surface area contributed by atoms with Gasteiger partial charge in [0.15, 0.2) is 0 Å². The van der Waals surface area contributed by atoms with Crippen molar-refractivity contribution in [2.45, 2.75) is 44.8 Å². The van der Waals surface area contributed by atoms with Crippen LogP contribution in [0.3, 0.4) is 0 Å². The summed E-state index contributed by atoms with van der Waals surface area (Å²) in [5, 5.41) is 10.4. The van der Waals surface area contributed by atoms with Crippen LogP contribution in [0, 0.1) is 0 Å². The van der Waals surface area contributed by atoms with E-state index in [1.165, 1.54) is 16.8 Å². The Kier molecular flexibility index (Phi) is 5.32. The summed E-state index contributed by atoms with van der Waals surface area (Å²) in [7, 11) is 1.96. The van der Waals surface area contributed by atoms with Crippen LogP contribution in [0.2, 0.25) is 0 Å². The lowest BCUT2D eigenvalue weighted by Crippen LogP contribution is -2.38. The van der Waals surface area contributed by atoms with Gasteiger partial charge in [-0.2, -0.15) is 5.10 Å². The molecule has 1 atom stereocenters. The summed E-state index contributed by atoms with van der Waals surface area (Å²) in [5.74, 6) is 0.981. The molecule has 1 unspecified atom stereocenters. The molecule has 0 saturated heterocycles. The summed E-state index contributed by atoms with van der Waals surface area (Å²) < 4.78 is 1.91. The number of benzene rings is 1. The average molecular weight is 417 g/mol. The number of pyridine rings is 1. The molecule has 160 valence electrons. The van der Waals surface area contributed by atoms with Gasteiger partial charge in [-0.15, -0.1) is 0 Å². The van der Waals surface area contributed by atoms with Gasteiger partial charge in [-0.3, -0.25) is 4.68 Å². The molecule has 2 amide bonds. The Balaban J connectivity index is 1.15. The number of carbonyl (C=O) groups excluding carboxylic acids is 1. The monoisotopic (exact) mass is 416 g/mol. The van der Waals surface area contributed by atoms with Gasteiger partial charge in [0.1, 0.15) is 5.82 Å². The van der Waals surface area contributed by atoms with Crippen molar-refractivity contribution < 1.29 is 4.79 Å². The zero-order valence-electron chi connectivity index (χ0n) is 17.8. The Morgan fingerprint density at radius 1 is 1.13 bits per heavy atom. The topological polar surface area (TPSA) is 75.1 Å². The van der Waals surface area contributed by atoms with Crippen LogP contribution in [0.5, 0.6) is 0 Å². The molecule has 5 rings (SSSR count). The highest BCUT2D eigenvalue weighted by atomic mass is 16.2. The van der Waals surface area contributed by atoms with Crippen LogP contribution in [0.4, 0.5) is 10.6 Å². The molecule has 3 aromatic rings. The van der Waals surface area contributed by atoms with E-state index in [1.807, 2.05) is 36.3 Å². The first-order chi connectivity index (χ1) is 15.2. The lowest BCUT2D eigenvalue weighted by Gasteiger charge is -2.29. The Morgan fingerprint density at radius 3 is 2.84 bits per heavy atom. The minimum atomic E-state index is -0.154. The minimum absolute atomic E-state index is 0.0277. The van der Waals surface area contributed by atoms with Crippen molar-refractivity contribution in [3.8, 4) is 0 Å². The van der Waals surface area contributed by atoms with Crippen LogP contribution >= 0.6 is 0 Å². The number of aryl methyl sites for hydroxylation is 1. The fourth-order valence-electron chi connectivity index (χ4n) is 4.65. The van der Waals surface area contributed by atoms with Crippen molar-refractivity contribution in [2.24, 2.45) is 7.05 Å². The maximum absolute atomic E-state index is 12.5. The summed E-state index contributed by atoms with van der Waals surface area (Å²) in [6.45, 7) is 2.32. The molecule has 7 nitrogen and oxygen atoms in total. The number of hydrogen-bond donors (Lipinski definition) is 2. The maximum atomic E-state index is 12.5. The molecule has 0 fully saturated rings. The van der Waals surface area contributed by atoms with Crippen molar-refractivity contribution in [1.29, 1.82) is 0 Å². The molecule has 1 aliphatic carbocycles. The van der Waals surface area contributed by atoms with Gasteiger partial charge in [0, 0.05) is 44.1 Å². The lowest BCUT2D eigenvalue weighted by molar-refractivity contribution is 0.235. The summed E-state index contributed by atoms with van der Waals surface area (Å²) in [4.78, 5) is 19.4. The number of nitrogens with one attached hydrogen (secondary N) is 2. The number of fused-ring (bicyclic) bond motifs is 2. The number of carbonyl (C=O) groups is 1. The Hall–Kier alpha value is -3.35. The molecule has 2 N–H and O–H groups in total. The summed E-state index contributed by atoms with van der Waals surface area (Å²) in [6.07, 6.45) is 7.80. The van der Waals surface area contributed by atoms with E-state index in [2.05, 4.69) is 49.9 Å². The summed E-state index contributed by atoms with van der Waals surface area (Å²) in [6, 6.07) is 12.6. The first kappa shape index (κ1) is 19.6. The molecule has 31 heavy (non-hydrogen) atoms. The van der Waals surface area contributed by atoms with Gasteiger partial charge in [0.05, 0.1) is 12.2 Å². The molecule has 0 bridgehead atoms. The SMILES string of the molecule is Cn1ncc2c1CCCC2NC(=O)NCc1ccc(N2CCc3ccccc3C2)nc1. The van der Waals surface area contributed by atoms with Gasteiger partial charge in [-0.1, -0.05) is 30.3 Å². The van der Waals surface area contributed by atoms with Crippen molar-refractivity contribution in [3.63, 3.8) is 0 Å². The van der Waals surface area contributed by atoms with Crippen LogP contribution in [0.1, 0.15) is 46.8 Å². The second-order valence-corrected chi connectivity index (χ2v) is 8.41. The minimum Gasteiger partial charge on any atom is -0.352 e. The number of nitrogens with zero attached hydrogens (tertiary/aromatic N) is 4. The molecule has 1 aliphatic heterocycles. The predicted molar refractivity (Wildman–Crippen MR) is 120 cm³/mol. The van der Waals surface area contributed by atoms with Gasteiger partial charge in [-0.05, 0) is 48.4 Å². The summed E-state index contributed by atoms with van der Waals surface area (Å²) >= 11 is 0. The molecule has 0 radical (unpaired) electrons. The highest BCUT2D eigenvalue weighted by molar-refractivity contribution is 5.74. The van der Waals surface area contributed by atoms with Crippen LogP contribution in [-0.4, -0.2) is 27.3 Å². The van der Waals surface area contributed by atoms with Crippen molar-refractivity contribution in [1.82, 2.24) is 25.4 Å². The van der Waals surface area contributed by atoms with Crippen molar-refractivity contribution >= 4 is 11.8 Å². The molecule has 0 saturated carbocycles. The highest BCUT2D eigenvalue weighted by Gasteiger charge is 2.24. The first-order valence-electron chi connectivity index (χ1n) is 11.0. The fourth-order valence-corrected chi connectivity index (χ4v) is 4.65. The largest absolute Gasteiger partial charge is 0.352 e. The highest BCUT2D eigenvalue weighted by Crippen LogP contribution is 2.29. The molecule has 2 aromatic heterocycles. The Labute approximate surface area is 182 Å². The number of hydrogen-bond acceptors (Lipinski definition) is 4. The van der Waals surface area contributed by atoms with Gasteiger partial charge >= 0.3 is 6.03 Å². The van der Waals surface area contributed by atoms with E-state index in [-0.39, 0.29) is 12.1 Å². The third-order valence-corrected chi connectivity index (χ3v) is 6.40. The third kappa shape index (κ3) is 4.13. The van der Waals surface area contributed by atoms with Crippen molar-refractivity contribution in [2.75, 3.05) is 11.4 Å². The van der Waals surface area contributed by atoms with Gasteiger partial charge < -0.3 is 15.5 Å². The van der Waals surface area contributed by atoms with Gasteiger partial charge in [0.2, 0.25) is 0 Å². The van der Waals surface area contributed by atoms with Crippen molar-refractivity contribution in [3.05, 3.63) is 76.7 Å². The molecule has 1 aromatic carbocycles. The number of anilines is 1. The van der Waals surface area contributed by atoms with E-state index in [9.17, 15) is 4.79 Å². The molecular formula is C24H28N6O. The van der Waals surface area contributed by atoms with Crippen LogP contribution in [-0.2, 0) is 33.0 Å². The second kappa shape index (κ2) is 8.41. The molecule has 3 heterocycles. The fraction of sp³-hybridized carbons (Fsp3) is 0.375. The number of urea groups is 1. The maximum Gasteiger partial charge on any atom is 0.315 e. The van der Waals surface area contributed by atoms with Crippen LogP contribution in [0.25, 0.3) is 0 Å². The van der Waals surface area contributed by atoms with E-state index in [0.717, 1.165) is 55.7 Å². The van der Waals surface area contributed by atoms with E-state index < -0.39 is 0 Å². The molecular weight excluding hydrogens is 388 g/mol. The average Bonchev–Trinajstić information content (AvgIpc) is 3.19. The lowest BCUT2D eigenvalue weighted by atomic mass is 9.93. The summed E-state index contributed by atoms with van der Waals surface area (Å²) in [5.41, 5.74) is 6.15. The van der Waals surface area contributed by atoms with E-state index >= 15 is 0 Å². The van der Waals surface area contributed by atoms with E-state index in [0.29, 0.717) is 6.54 Å². The van der Waals surface area contributed by atoms with E-state index in [4.69, 9.17) is 0 Å². The molecule has 2 aliphatic rings. The molecule has 7 heteroatoms. The van der Waals surface area contributed by atoms with Crippen LogP contribution in [0.15, 0.2) is 48.8 Å². The standard InChI is InChI=1S/C24H28N6O/c1-29-22-8-4-7-21(20(22)15-27-29)28-24(31)26-14-17-9-10-23(25-13-17)30-12-11-18-5-2-3-6-19(18)16-30/h2-3,5-6,9-10,13,15,21H,4,7-8,11-12,14,16H2,1H3,(H2,26,28,31). The first-order valence-corrected chi connectivity index (χ1v) is 11.0. The predicted octanol–water partition coefficient (Wildman–Crippen LogP) is 3.25. The number of amides is 2.